The summed E-state index contributed by atoms with van der Waals surface area (Å²) in [7, 11) is 0. The van der Waals surface area contributed by atoms with E-state index in [2.05, 4.69) is 15.3 Å². The van der Waals surface area contributed by atoms with Gasteiger partial charge in [-0.3, -0.25) is 24.7 Å². The quantitative estimate of drug-likeness (QED) is 0.477. The van der Waals surface area contributed by atoms with Crippen LogP contribution in [0.4, 0.5) is 11.4 Å². The number of nitrogens with zero attached hydrogens (tertiary/aromatic N) is 4. The Labute approximate surface area is 206 Å². The Bertz CT molecular complexity index is 1240. The van der Waals surface area contributed by atoms with E-state index < -0.39 is 11.0 Å². The van der Waals surface area contributed by atoms with Gasteiger partial charge in [0.05, 0.1) is 17.0 Å². The number of non-ortho nitro benzene ring substituents is 1. The van der Waals surface area contributed by atoms with Crippen molar-refractivity contribution in [3.63, 3.8) is 0 Å². The number of nitrogens with one attached hydrogen (secondary N) is 1. The molecular weight excluding hydrogens is 466 g/mol. The first kappa shape index (κ1) is 23.2. The van der Waals surface area contributed by atoms with Gasteiger partial charge in [-0.15, -0.1) is 0 Å². The SMILES string of the molecule is O=C(C[C@H]1N=C2c3ccccc3N=C(SCc3cccc([N+](=O)[O-])c3)N2C1=O)NC1CCCCC1. The van der Waals surface area contributed by atoms with E-state index in [0.29, 0.717) is 22.4 Å². The third kappa shape index (κ3) is 4.97. The Morgan fingerprint density at radius 1 is 1.14 bits per heavy atom. The smallest absolute Gasteiger partial charge is 0.269 e. The second-order valence-electron chi connectivity index (χ2n) is 8.88. The molecule has 2 amide bonds. The van der Waals surface area contributed by atoms with E-state index in [1.807, 2.05) is 24.3 Å². The lowest BCUT2D eigenvalue weighted by Crippen LogP contribution is -2.43. The molecule has 2 aliphatic heterocycles. The van der Waals surface area contributed by atoms with Crippen LogP contribution in [-0.2, 0) is 15.3 Å². The Kier molecular flexibility index (Phi) is 6.63. The van der Waals surface area contributed by atoms with E-state index in [1.54, 1.807) is 12.1 Å². The van der Waals surface area contributed by atoms with Crippen LogP contribution in [0.1, 0.15) is 49.7 Å². The number of hydrogen-bond donors (Lipinski definition) is 1. The topological polar surface area (TPSA) is 117 Å². The Morgan fingerprint density at radius 2 is 1.94 bits per heavy atom. The number of carbonyl (C=O) groups excluding carboxylic acids is 2. The first-order chi connectivity index (χ1) is 17.0. The number of nitro groups is 1. The molecule has 10 heteroatoms. The highest BCUT2D eigenvalue weighted by molar-refractivity contribution is 8.13. The molecular formula is C25H25N5O4S. The molecule has 1 saturated carbocycles. The molecule has 180 valence electrons. The monoisotopic (exact) mass is 491 g/mol. The summed E-state index contributed by atoms with van der Waals surface area (Å²) < 4.78 is 0. The van der Waals surface area contributed by atoms with Crippen molar-refractivity contribution in [3.05, 3.63) is 69.8 Å². The van der Waals surface area contributed by atoms with Gasteiger partial charge in [-0.1, -0.05) is 55.3 Å². The number of para-hydroxylation sites is 1. The molecule has 0 spiro atoms. The molecule has 0 bridgehead atoms. The largest absolute Gasteiger partial charge is 0.353 e. The average Bonchev–Trinajstić information content (AvgIpc) is 3.19. The van der Waals surface area contributed by atoms with Gasteiger partial charge in [0.2, 0.25) is 5.91 Å². The summed E-state index contributed by atoms with van der Waals surface area (Å²) in [5.41, 5.74) is 2.21. The summed E-state index contributed by atoms with van der Waals surface area (Å²) in [5, 5.41) is 14.6. The predicted molar refractivity (Wildman–Crippen MR) is 135 cm³/mol. The number of amidine groups is 2. The summed E-state index contributed by atoms with van der Waals surface area (Å²) in [5.74, 6) is 0.457. The van der Waals surface area contributed by atoms with Crippen LogP contribution in [0.3, 0.4) is 0 Å². The lowest BCUT2D eigenvalue weighted by molar-refractivity contribution is -0.384. The van der Waals surface area contributed by atoms with Crippen LogP contribution in [0.25, 0.3) is 0 Å². The van der Waals surface area contributed by atoms with E-state index in [-0.39, 0.29) is 30.0 Å². The molecule has 3 aliphatic rings. The average molecular weight is 492 g/mol. The minimum Gasteiger partial charge on any atom is -0.353 e. The number of rotatable bonds is 6. The van der Waals surface area contributed by atoms with Gasteiger partial charge in [0.15, 0.2) is 5.17 Å². The first-order valence-electron chi connectivity index (χ1n) is 11.7. The molecule has 2 aromatic rings. The van der Waals surface area contributed by atoms with Crippen molar-refractivity contribution < 1.29 is 14.5 Å². The zero-order valence-electron chi connectivity index (χ0n) is 19.1. The van der Waals surface area contributed by atoms with Crippen LogP contribution < -0.4 is 5.32 Å². The molecule has 1 atom stereocenters. The zero-order valence-corrected chi connectivity index (χ0v) is 19.9. The van der Waals surface area contributed by atoms with Crippen LogP contribution in [-0.4, -0.2) is 44.7 Å². The third-order valence-electron chi connectivity index (χ3n) is 6.39. The number of hydrogen-bond acceptors (Lipinski definition) is 7. The number of thioether (sulfide) groups is 1. The van der Waals surface area contributed by atoms with E-state index in [1.165, 1.54) is 35.2 Å². The number of carbonyl (C=O) groups is 2. The fourth-order valence-electron chi connectivity index (χ4n) is 4.65. The molecule has 2 aromatic carbocycles. The molecule has 1 fully saturated rings. The van der Waals surface area contributed by atoms with Crippen molar-refractivity contribution in [2.24, 2.45) is 9.98 Å². The van der Waals surface area contributed by atoms with Crippen LogP contribution in [0, 0.1) is 10.1 Å². The lowest BCUT2D eigenvalue weighted by Gasteiger charge is -2.25. The fraction of sp³-hybridized carbons (Fsp3) is 0.360. The first-order valence-corrected chi connectivity index (χ1v) is 12.7. The van der Waals surface area contributed by atoms with E-state index in [0.717, 1.165) is 36.8 Å². The second-order valence-corrected chi connectivity index (χ2v) is 9.82. The molecule has 9 nitrogen and oxygen atoms in total. The molecule has 2 heterocycles. The lowest BCUT2D eigenvalue weighted by atomic mass is 9.95. The molecule has 0 radical (unpaired) electrons. The van der Waals surface area contributed by atoms with Crippen LogP contribution in [0.15, 0.2) is 58.5 Å². The molecule has 0 aromatic heterocycles. The van der Waals surface area contributed by atoms with Gasteiger partial charge in [0.1, 0.15) is 11.9 Å². The Morgan fingerprint density at radius 3 is 2.74 bits per heavy atom. The van der Waals surface area contributed by atoms with Crippen LogP contribution >= 0.6 is 11.8 Å². The van der Waals surface area contributed by atoms with Crippen molar-refractivity contribution >= 4 is 46.0 Å². The highest BCUT2D eigenvalue weighted by Gasteiger charge is 2.42. The third-order valence-corrected chi connectivity index (χ3v) is 7.40. The zero-order chi connectivity index (χ0) is 24.4. The standard InChI is InChI=1S/C25H25N5O4S/c31-22(26-17-8-2-1-3-9-17)14-21-24(32)29-23(27-21)19-11-4-5-12-20(19)28-25(29)35-15-16-7-6-10-18(13-16)30(33)34/h4-7,10-13,17,21H,1-3,8-9,14-15H2,(H,26,31)/t21-/m1/s1. The number of amides is 2. The second kappa shape index (κ2) is 9.99. The number of nitro benzene ring substituents is 1. The number of aliphatic imine (C=N–C) groups is 2. The number of benzene rings is 2. The minimum absolute atomic E-state index is 0.000324. The Balaban J connectivity index is 1.35. The van der Waals surface area contributed by atoms with E-state index in [4.69, 9.17) is 0 Å². The van der Waals surface area contributed by atoms with Crippen molar-refractivity contribution in [1.29, 1.82) is 0 Å². The minimum atomic E-state index is -0.802. The van der Waals surface area contributed by atoms with Gasteiger partial charge in [-0.25, -0.2) is 9.89 Å². The predicted octanol–water partition coefficient (Wildman–Crippen LogP) is 4.33. The van der Waals surface area contributed by atoms with Crippen molar-refractivity contribution in [3.8, 4) is 0 Å². The number of fused-ring (bicyclic) bond motifs is 3. The molecule has 35 heavy (non-hydrogen) atoms. The van der Waals surface area contributed by atoms with Crippen molar-refractivity contribution in [2.45, 2.75) is 56.4 Å². The summed E-state index contributed by atoms with van der Waals surface area (Å²) >= 11 is 1.32. The maximum Gasteiger partial charge on any atom is 0.269 e. The van der Waals surface area contributed by atoms with Gasteiger partial charge in [0.25, 0.3) is 11.6 Å². The highest BCUT2D eigenvalue weighted by Crippen LogP contribution is 2.35. The van der Waals surface area contributed by atoms with Crippen LogP contribution in [0.2, 0.25) is 0 Å². The Hall–Kier alpha value is -3.53. The summed E-state index contributed by atoms with van der Waals surface area (Å²) in [6.07, 6.45) is 5.38. The maximum absolute atomic E-state index is 13.4. The van der Waals surface area contributed by atoms with Crippen LogP contribution in [0.5, 0.6) is 0 Å². The summed E-state index contributed by atoms with van der Waals surface area (Å²) in [6, 6.07) is 13.2. The fourth-order valence-corrected chi connectivity index (χ4v) is 5.59. The van der Waals surface area contributed by atoms with E-state index >= 15 is 0 Å². The summed E-state index contributed by atoms with van der Waals surface area (Å²) in [4.78, 5) is 47.6. The van der Waals surface area contributed by atoms with Gasteiger partial charge in [0, 0.05) is 29.5 Å². The molecule has 5 rings (SSSR count). The van der Waals surface area contributed by atoms with Gasteiger partial charge in [-0.05, 0) is 30.5 Å². The molecule has 1 aliphatic carbocycles. The van der Waals surface area contributed by atoms with Crippen molar-refractivity contribution in [1.82, 2.24) is 10.2 Å². The maximum atomic E-state index is 13.4. The van der Waals surface area contributed by atoms with Gasteiger partial charge >= 0.3 is 0 Å². The highest BCUT2D eigenvalue weighted by atomic mass is 32.2. The molecule has 0 saturated heterocycles. The van der Waals surface area contributed by atoms with Gasteiger partial charge < -0.3 is 5.32 Å². The van der Waals surface area contributed by atoms with Crippen molar-refractivity contribution in [2.75, 3.05) is 0 Å². The van der Waals surface area contributed by atoms with Gasteiger partial charge in [-0.2, -0.15) is 0 Å². The summed E-state index contributed by atoms with van der Waals surface area (Å²) in [6.45, 7) is 0. The molecule has 0 unspecified atom stereocenters. The molecule has 1 N–H and O–H groups in total. The normalized spacial score (nSPS) is 19.5. The van der Waals surface area contributed by atoms with E-state index in [9.17, 15) is 19.7 Å².